The van der Waals surface area contributed by atoms with Crippen LogP contribution < -0.4 is 5.73 Å². The standard InChI is InChI=1S/C10H15ClN2/c1-2-3-6-9(12)10-8(11)5-4-7-13-10/h4-5,7,9H,2-3,6,12H2,1H3/t9-/m1/s1. The third kappa shape index (κ3) is 2.98. The van der Waals surface area contributed by atoms with Gasteiger partial charge in [0.1, 0.15) is 0 Å². The molecule has 0 fully saturated rings. The summed E-state index contributed by atoms with van der Waals surface area (Å²) in [5.74, 6) is 0. The molecule has 1 atom stereocenters. The van der Waals surface area contributed by atoms with Crippen LogP contribution in [0.3, 0.4) is 0 Å². The number of pyridine rings is 1. The molecule has 0 amide bonds. The summed E-state index contributed by atoms with van der Waals surface area (Å²) in [7, 11) is 0. The van der Waals surface area contributed by atoms with Crippen molar-refractivity contribution >= 4 is 11.6 Å². The molecular formula is C10H15ClN2. The van der Waals surface area contributed by atoms with Gasteiger partial charge in [-0.15, -0.1) is 0 Å². The van der Waals surface area contributed by atoms with E-state index in [9.17, 15) is 0 Å². The topological polar surface area (TPSA) is 38.9 Å². The molecule has 3 heteroatoms. The van der Waals surface area contributed by atoms with Gasteiger partial charge in [0, 0.05) is 12.2 Å². The van der Waals surface area contributed by atoms with Crippen molar-refractivity contribution in [2.75, 3.05) is 0 Å². The smallest absolute Gasteiger partial charge is 0.0756 e. The van der Waals surface area contributed by atoms with Gasteiger partial charge in [0.05, 0.1) is 10.7 Å². The van der Waals surface area contributed by atoms with Gasteiger partial charge in [-0.25, -0.2) is 0 Å². The van der Waals surface area contributed by atoms with Crippen LogP contribution in [0.15, 0.2) is 18.3 Å². The molecular weight excluding hydrogens is 184 g/mol. The van der Waals surface area contributed by atoms with Gasteiger partial charge in [-0.3, -0.25) is 4.98 Å². The highest BCUT2D eigenvalue weighted by atomic mass is 35.5. The fraction of sp³-hybridized carbons (Fsp3) is 0.500. The molecule has 0 aliphatic carbocycles. The van der Waals surface area contributed by atoms with Gasteiger partial charge in [-0.05, 0) is 18.6 Å². The van der Waals surface area contributed by atoms with E-state index in [2.05, 4.69) is 11.9 Å². The number of hydrogen-bond acceptors (Lipinski definition) is 2. The maximum atomic E-state index is 5.96. The molecule has 2 nitrogen and oxygen atoms in total. The van der Waals surface area contributed by atoms with Crippen molar-refractivity contribution in [3.05, 3.63) is 29.0 Å². The first-order valence-corrected chi connectivity index (χ1v) is 4.99. The van der Waals surface area contributed by atoms with E-state index in [1.807, 2.05) is 12.1 Å². The quantitative estimate of drug-likeness (QED) is 0.808. The van der Waals surface area contributed by atoms with Crippen LogP contribution in [-0.2, 0) is 0 Å². The summed E-state index contributed by atoms with van der Waals surface area (Å²) in [6.07, 6.45) is 4.95. The normalized spacial score (nSPS) is 12.8. The number of nitrogens with zero attached hydrogens (tertiary/aromatic N) is 1. The highest BCUT2D eigenvalue weighted by molar-refractivity contribution is 6.31. The minimum absolute atomic E-state index is 0.0198. The largest absolute Gasteiger partial charge is 0.323 e. The van der Waals surface area contributed by atoms with Crippen LogP contribution in [0.1, 0.15) is 37.9 Å². The van der Waals surface area contributed by atoms with Gasteiger partial charge in [-0.1, -0.05) is 31.4 Å². The summed E-state index contributed by atoms with van der Waals surface area (Å²) in [6, 6.07) is 3.63. The lowest BCUT2D eigenvalue weighted by molar-refractivity contribution is 0.591. The van der Waals surface area contributed by atoms with Gasteiger partial charge >= 0.3 is 0 Å². The van der Waals surface area contributed by atoms with E-state index in [1.165, 1.54) is 0 Å². The van der Waals surface area contributed by atoms with E-state index >= 15 is 0 Å². The average molecular weight is 199 g/mol. The number of rotatable bonds is 4. The van der Waals surface area contributed by atoms with Gasteiger partial charge in [-0.2, -0.15) is 0 Å². The first kappa shape index (κ1) is 10.5. The fourth-order valence-corrected chi connectivity index (χ4v) is 1.49. The molecule has 13 heavy (non-hydrogen) atoms. The average Bonchev–Trinajstić information content (AvgIpc) is 2.15. The van der Waals surface area contributed by atoms with Crippen molar-refractivity contribution in [1.29, 1.82) is 0 Å². The summed E-state index contributed by atoms with van der Waals surface area (Å²) in [5.41, 5.74) is 6.75. The summed E-state index contributed by atoms with van der Waals surface area (Å²) in [5, 5.41) is 0.672. The number of nitrogens with two attached hydrogens (primary N) is 1. The minimum Gasteiger partial charge on any atom is -0.323 e. The van der Waals surface area contributed by atoms with Crippen LogP contribution in [0.2, 0.25) is 5.02 Å². The Balaban J connectivity index is 2.65. The molecule has 0 saturated heterocycles. The van der Waals surface area contributed by atoms with Gasteiger partial charge in [0.15, 0.2) is 0 Å². The van der Waals surface area contributed by atoms with E-state index in [1.54, 1.807) is 6.20 Å². The van der Waals surface area contributed by atoms with Crippen LogP contribution in [0.5, 0.6) is 0 Å². The summed E-state index contributed by atoms with van der Waals surface area (Å²) in [4.78, 5) is 4.17. The zero-order valence-electron chi connectivity index (χ0n) is 7.83. The van der Waals surface area contributed by atoms with Gasteiger partial charge in [0.2, 0.25) is 0 Å². The molecule has 72 valence electrons. The SMILES string of the molecule is CCCC[C@@H](N)c1ncccc1Cl. The molecule has 1 rings (SSSR count). The lowest BCUT2D eigenvalue weighted by Gasteiger charge is -2.11. The summed E-state index contributed by atoms with van der Waals surface area (Å²) < 4.78 is 0. The zero-order valence-corrected chi connectivity index (χ0v) is 8.59. The minimum atomic E-state index is -0.0198. The van der Waals surface area contributed by atoms with Crippen molar-refractivity contribution in [2.45, 2.75) is 32.2 Å². The second-order valence-electron chi connectivity index (χ2n) is 3.12. The number of hydrogen-bond donors (Lipinski definition) is 1. The van der Waals surface area contributed by atoms with Crippen LogP contribution in [-0.4, -0.2) is 4.98 Å². The van der Waals surface area contributed by atoms with Crippen molar-refractivity contribution in [3.63, 3.8) is 0 Å². The molecule has 0 bridgehead atoms. The zero-order chi connectivity index (χ0) is 9.68. The van der Waals surface area contributed by atoms with Crippen LogP contribution in [0.25, 0.3) is 0 Å². The summed E-state index contributed by atoms with van der Waals surface area (Å²) >= 11 is 5.96. The highest BCUT2D eigenvalue weighted by Crippen LogP contribution is 2.21. The lowest BCUT2D eigenvalue weighted by Crippen LogP contribution is -2.12. The first-order valence-electron chi connectivity index (χ1n) is 4.61. The number of halogens is 1. The van der Waals surface area contributed by atoms with Crippen LogP contribution >= 0.6 is 11.6 Å². The Kier molecular flexibility index (Phi) is 4.19. The van der Waals surface area contributed by atoms with E-state index in [0.29, 0.717) is 5.02 Å². The van der Waals surface area contributed by atoms with Crippen molar-refractivity contribution in [1.82, 2.24) is 4.98 Å². The molecule has 0 aliphatic rings. The van der Waals surface area contributed by atoms with Crippen molar-refractivity contribution in [3.8, 4) is 0 Å². The fourth-order valence-electron chi connectivity index (χ4n) is 1.23. The Hall–Kier alpha value is -0.600. The highest BCUT2D eigenvalue weighted by Gasteiger charge is 2.09. The Morgan fingerprint density at radius 3 is 3.00 bits per heavy atom. The predicted octanol–water partition coefficient (Wildman–Crippen LogP) is 2.93. The molecule has 0 radical (unpaired) electrons. The molecule has 2 N–H and O–H groups in total. The molecule has 0 saturated carbocycles. The van der Waals surface area contributed by atoms with Gasteiger partial charge < -0.3 is 5.73 Å². The molecule has 1 aromatic heterocycles. The lowest BCUT2D eigenvalue weighted by atomic mass is 10.1. The molecule has 0 spiro atoms. The van der Waals surface area contributed by atoms with Gasteiger partial charge in [0.25, 0.3) is 0 Å². The van der Waals surface area contributed by atoms with Crippen molar-refractivity contribution in [2.24, 2.45) is 5.73 Å². The second kappa shape index (κ2) is 5.20. The second-order valence-corrected chi connectivity index (χ2v) is 3.53. The van der Waals surface area contributed by atoms with Crippen molar-refractivity contribution < 1.29 is 0 Å². The van der Waals surface area contributed by atoms with E-state index in [4.69, 9.17) is 17.3 Å². The Morgan fingerprint density at radius 2 is 2.38 bits per heavy atom. The monoisotopic (exact) mass is 198 g/mol. The van der Waals surface area contributed by atoms with E-state index < -0.39 is 0 Å². The van der Waals surface area contributed by atoms with Crippen LogP contribution in [0, 0.1) is 0 Å². The third-order valence-corrected chi connectivity index (χ3v) is 2.33. The Bertz CT molecular complexity index is 263. The maximum Gasteiger partial charge on any atom is 0.0756 e. The summed E-state index contributed by atoms with van der Waals surface area (Å²) in [6.45, 7) is 2.15. The number of aromatic nitrogens is 1. The molecule has 0 aromatic carbocycles. The Morgan fingerprint density at radius 1 is 1.62 bits per heavy atom. The molecule has 1 heterocycles. The van der Waals surface area contributed by atoms with E-state index in [-0.39, 0.29) is 6.04 Å². The maximum absolute atomic E-state index is 5.96. The number of unbranched alkanes of at least 4 members (excludes halogenated alkanes) is 1. The molecule has 0 unspecified atom stereocenters. The van der Waals surface area contributed by atoms with Crippen LogP contribution in [0.4, 0.5) is 0 Å². The third-order valence-electron chi connectivity index (χ3n) is 2.01. The molecule has 0 aliphatic heterocycles. The Labute approximate surface area is 84.1 Å². The molecule has 1 aromatic rings. The predicted molar refractivity (Wildman–Crippen MR) is 55.7 cm³/mol. The van der Waals surface area contributed by atoms with E-state index in [0.717, 1.165) is 25.0 Å². The first-order chi connectivity index (χ1) is 6.25.